The minimum Gasteiger partial charge on any atom is -0.440 e. The van der Waals surface area contributed by atoms with E-state index in [1.807, 2.05) is 0 Å². The molecule has 1 aliphatic carbocycles. The minimum absolute atomic E-state index is 0.110. The van der Waals surface area contributed by atoms with Crippen LogP contribution in [0.25, 0.3) is 0 Å². The normalized spacial score (nSPS) is 21.5. The first-order chi connectivity index (χ1) is 11.1. The summed E-state index contributed by atoms with van der Waals surface area (Å²) < 4.78 is 10.7. The van der Waals surface area contributed by atoms with Crippen molar-refractivity contribution in [2.45, 2.75) is 57.8 Å². The van der Waals surface area contributed by atoms with E-state index < -0.39 is 5.63 Å². The van der Waals surface area contributed by atoms with Gasteiger partial charge in [-0.25, -0.2) is 4.79 Å². The monoisotopic (exact) mass is 314 g/mol. The lowest BCUT2D eigenvalue weighted by atomic mass is 9.80. The Kier molecular flexibility index (Phi) is 4.42. The van der Waals surface area contributed by atoms with Gasteiger partial charge in [0.05, 0.1) is 11.1 Å². The number of nitrogens with zero attached hydrogens (tertiary/aromatic N) is 1. The van der Waals surface area contributed by atoms with Gasteiger partial charge in [-0.2, -0.15) is 5.26 Å². The zero-order valence-electron chi connectivity index (χ0n) is 13.4. The van der Waals surface area contributed by atoms with Gasteiger partial charge in [0.1, 0.15) is 17.6 Å². The second kappa shape index (κ2) is 6.49. The van der Waals surface area contributed by atoms with Crippen LogP contribution in [0, 0.1) is 24.2 Å². The predicted molar refractivity (Wildman–Crippen MR) is 85.7 cm³/mol. The van der Waals surface area contributed by atoms with Crippen LogP contribution in [-0.2, 0) is 0 Å². The lowest BCUT2D eigenvalue weighted by Crippen LogP contribution is -2.26. The van der Waals surface area contributed by atoms with Crippen LogP contribution in [-0.4, -0.2) is 0 Å². The van der Waals surface area contributed by atoms with Crippen molar-refractivity contribution in [1.82, 2.24) is 0 Å². The lowest BCUT2D eigenvalue weighted by Gasteiger charge is -2.27. The molecule has 0 saturated heterocycles. The van der Waals surface area contributed by atoms with E-state index in [0.29, 0.717) is 28.6 Å². The molecule has 1 fully saturated rings. The molecule has 5 nitrogen and oxygen atoms in total. The molecule has 1 saturated carbocycles. The van der Waals surface area contributed by atoms with Crippen LogP contribution in [0.15, 0.2) is 26.7 Å². The highest BCUT2D eigenvalue weighted by Crippen LogP contribution is 2.40. The summed E-state index contributed by atoms with van der Waals surface area (Å²) in [6.07, 6.45) is 8.07. The quantitative estimate of drug-likeness (QED) is 0.922. The number of fused-ring (bicyclic) bond motifs is 1. The van der Waals surface area contributed by atoms with Gasteiger partial charge < -0.3 is 14.9 Å². The van der Waals surface area contributed by atoms with E-state index in [9.17, 15) is 10.1 Å². The number of allylic oxidation sites excluding steroid dienone is 1. The van der Waals surface area contributed by atoms with Gasteiger partial charge in [-0.3, -0.25) is 0 Å². The molecule has 5 heteroatoms. The third-order valence-electron chi connectivity index (χ3n) is 4.96. The Bertz CT molecular complexity index is 721. The van der Waals surface area contributed by atoms with E-state index in [4.69, 9.17) is 14.9 Å². The second-order valence-corrected chi connectivity index (χ2v) is 6.55. The standard InChI is InChI=1S/C18H22N2O3/c1-11-9-15-16(18(21)22-11)13(14(10-19)17(20)23-15)8-7-12-5-3-2-4-6-12/h9,12-13H,2-8,20H2,1H3. The van der Waals surface area contributed by atoms with Gasteiger partial charge in [-0.05, 0) is 25.7 Å². The maximum atomic E-state index is 12.3. The zero-order valence-corrected chi connectivity index (χ0v) is 13.4. The first kappa shape index (κ1) is 15.7. The van der Waals surface area contributed by atoms with E-state index in [2.05, 4.69) is 6.07 Å². The molecule has 1 aromatic heterocycles. The molecule has 1 atom stereocenters. The number of rotatable bonds is 3. The summed E-state index contributed by atoms with van der Waals surface area (Å²) in [5.41, 5.74) is 6.28. The van der Waals surface area contributed by atoms with Crippen molar-refractivity contribution in [3.63, 3.8) is 0 Å². The number of hydrogen-bond acceptors (Lipinski definition) is 5. The molecule has 0 aromatic carbocycles. The van der Waals surface area contributed by atoms with Crippen molar-refractivity contribution in [3.05, 3.63) is 39.3 Å². The molecule has 2 aliphatic rings. The van der Waals surface area contributed by atoms with Crippen LogP contribution in [0.2, 0.25) is 0 Å². The summed E-state index contributed by atoms with van der Waals surface area (Å²) in [7, 11) is 0. The predicted octanol–water partition coefficient (Wildman–Crippen LogP) is 3.48. The number of nitriles is 1. The highest BCUT2D eigenvalue weighted by molar-refractivity contribution is 5.48. The smallest absolute Gasteiger partial charge is 0.343 e. The first-order valence-electron chi connectivity index (χ1n) is 8.32. The fourth-order valence-corrected chi connectivity index (χ4v) is 3.78. The number of aryl methyl sites for hydroxylation is 1. The Labute approximate surface area is 135 Å². The van der Waals surface area contributed by atoms with Crippen molar-refractivity contribution in [1.29, 1.82) is 5.26 Å². The van der Waals surface area contributed by atoms with E-state index in [1.54, 1.807) is 13.0 Å². The molecule has 23 heavy (non-hydrogen) atoms. The molecular formula is C18H22N2O3. The van der Waals surface area contributed by atoms with Gasteiger partial charge in [0, 0.05) is 12.0 Å². The number of nitrogens with two attached hydrogens (primary N) is 1. The molecule has 122 valence electrons. The Morgan fingerprint density at radius 2 is 2.04 bits per heavy atom. The van der Waals surface area contributed by atoms with Crippen LogP contribution >= 0.6 is 0 Å². The molecular weight excluding hydrogens is 292 g/mol. The summed E-state index contributed by atoms with van der Waals surface area (Å²) in [6.45, 7) is 1.70. The summed E-state index contributed by atoms with van der Waals surface area (Å²) in [5, 5.41) is 9.44. The van der Waals surface area contributed by atoms with Gasteiger partial charge in [0.25, 0.3) is 0 Å². The minimum atomic E-state index is -0.422. The summed E-state index contributed by atoms with van der Waals surface area (Å²) >= 11 is 0. The molecule has 0 spiro atoms. The van der Waals surface area contributed by atoms with Gasteiger partial charge in [0.15, 0.2) is 0 Å². The molecule has 3 rings (SSSR count). The topological polar surface area (TPSA) is 89.2 Å². The summed E-state index contributed by atoms with van der Waals surface area (Å²) in [4.78, 5) is 12.3. The number of ether oxygens (including phenoxy) is 1. The fraction of sp³-hybridized carbons (Fsp3) is 0.556. The van der Waals surface area contributed by atoms with E-state index in [1.165, 1.54) is 32.1 Å². The molecule has 0 amide bonds. The molecule has 0 bridgehead atoms. The van der Waals surface area contributed by atoms with Crippen LogP contribution in [0.3, 0.4) is 0 Å². The largest absolute Gasteiger partial charge is 0.440 e. The summed E-state index contributed by atoms with van der Waals surface area (Å²) in [6, 6.07) is 3.80. The van der Waals surface area contributed by atoms with E-state index in [0.717, 1.165) is 12.8 Å². The van der Waals surface area contributed by atoms with Crippen LogP contribution in [0.1, 0.15) is 62.2 Å². The Morgan fingerprint density at radius 3 is 2.74 bits per heavy atom. The zero-order chi connectivity index (χ0) is 16.4. The maximum absolute atomic E-state index is 12.3. The average molecular weight is 314 g/mol. The van der Waals surface area contributed by atoms with Gasteiger partial charge in [-0.15, -0.1) is 0 Å². The van der Waals surface area contributed by atoms with Crippen LogP contribution in [0.4, 0.5) is 0 Å². The van der Waals surface area contributed by atoms with Gasteiger partial charge in [-0.1, -0.05) is 32.1 Å². The van der Waals surface area contributed by atoms with Crippen molar-refractivity contribution in [2.75, 3.05) is 0 Å². The fourth-order valence-electron chi connectivity index (χ4n) is 3.78. The Hall–Kier alpha value is -2.22. The number of hydrogen-bond donors (Lipinski definition) is 1. The van der Waals surface area contributed by atoms with Crippen LogP contribution < -0.4 is 16.1 Å². The second-order valence-electron chi connectivity index (χ2n) is 6.55. The van der Waals surface area contributed by atoms with E-state index >= 15 is 0 Å². The molecule has 1 unspecified atom stereocenters. The first-order valence-corrected chi connectivity index (χ1v) is 8.32. The molecule has 2 heterocycles. The molecule has 2 N–H and O–H groups in total. The third kappa shape index (κ3) is 3.12. The highest BCUT2D eigenvalue weighted by Gasteiger charge is 2.33. The molecule has 1 aliphatic heterocycles. The SMILES string of the molecule is Cc1cc2c(c(=O)o1)C(CCC1CCCCC1)C(C#N)=C(N)O2. The van der Waals surface area contributed by atoms with Crippen molar-refractivity contribution < 1.29 is 9.15 Å². The lowest BCUT2D eigenvalue weighted by molar-refractivity contribution is 0.315. The molecule has 0 radical (unpaired) electrons. The van der Waals surface area contributed by atoms with Crippen LogP contribution in [0.5, 0.6) is 5.75 Å². The summed E-state index contributed by atoms with van der Waals surface area (Å²) in [5.74, 6) is 1.38. The third-order valence-corrected chi connectivity index (χ3v) is 4.96. The average Bonchev–Trinajstić information content (AvgIpc) is 2.52. The Balaban J connectivity index is 1.90. The maximum Gasteiger partial charge on any atom is 0.343 e. The Morgan fingerprint density at radius 1 is 1.30 bits per heavy atom. The van der Waals surface area contributed by atoms with Crippen molar-refractivity contribution in [2.24, 2.45) is 11.7 Å². The molecule has 1 aromatic rings. The van der Waals surface area contributed by atoms with Gasteiger partial charge >= 0.3 is 5.63 Å². The van der Waals surface area contributed by atoms with Crippen molar-refractivity contribution >= 4 is 0 Å². The van der Waals surface area contributed by atoms with E-state index in [-0.39, 0.29) is 11.8 Å². The van der Waals surface area contributed by atoms with Gasteiger partial charge in [0.2, 0.25) is 5.88 Å². The highest BCUT2D eigenvalue weighted by atomic mass is 16.5. The van der Waals surface area contributed by atoms with Crippen molar-refractivity contribution in [3.8, 4) is 11.8 Å².